The number of pyridine rings is 1. The SMILES string of the molecule is COC(=O)c1cccc(OCC2CCN(c3ccc(NC(=O)c4ccc5ccccc5c4)cn3)CC2)c1. The number of hydrogen-bond acceptors (Lipinski definition) is 6. The number of nitrogens with one attached hydrogen (secondary N) is 1. The van der Waals surface area contributed by atoms with E-state index in [1.54, 1.807) is 24.4 Å². The van der Waals surface area contributed by atoms with Gasteiger partial charge in [0.1, 0.15) is 11.6 Å². The lowest BCUT2D eigenvalue weighted by Crippen LogP contribution is -2.36. The molecule has 5 rings (SSSR count). The number of carbonyl (C=O) groups is 2. The van der Waals surface area contributed by atoms with E-state index >= 15 is 0 Å². The topological polar surface area (TPSA) is 80.8 Å². The summed E-state index contributed by atoms with van der Waals surface area (Å²) in [7, 11) is 1.37. The number of amides is 1. The van der Waals surface area contributed by atoms with E-state index in [0.29, 0.717) is 35.1 Å². The normalized spacial score (nSPS) is 13.8. The minimum atomic E-state index is -0.370. The highest BCUT2D eigenvalue weighted by molar-refractivity contribution is 6.06. The second kappa shape index (κ2) is 11.1. The van der Waals surface area contributed by atoms with Crippen LogP contribution in [0.5, 0.6) is 5.75 Å². The van der Waals surface area contributed by atoms with Gasteiger partial charge in [-0.1, -0.05) is 36.4 Å². The van der Waals surface area contributed by atoms with Crippen LogP contribution in [0.2, 0.25) is 0 Å². The van der Waals surface area contributed by atoms with Gasteiger partial charge in [0.15, 0.2) is 0 Å². The van der Waals surface area contributed by atoms with Crippen LogP contribution < -0.4 is 15.0 Å². The number of anilines is 2. The van der Waals surface area contributed by atoms with Gasteiger partial charge in [-0.25, -0.2) is 9.78 Å². The summed E-state index contributed by atoms with van der Waals surface area (Å²) >= 11 is 0. The molecule has 1 N–H and O–H groups in total. The fourth-order valence-corrected chi connectivity index (χ4v) is 4.55. The van der Waals surface area contributed by atoms with E-state index in [9.17, 15) is 9.59 Å². The van der Waals surface area contributed by atoms with Crippen molar-refractivity contribution in [3.05, 3.63) is 96.2 Å². The summed E-state index contributed by atoms with van der Waals surface area (Å²) in [6.45, 7) is 2.36. The Morgan fingerprint density at radius 2 is 1.73 bits per heavy atom. The number of esters is 1. The fraction of sp³-hybridized carbons (Fsp3) is 0.233. The maximum atomic E-state index is 12.7. The van der Waals surface area contributed by atoms with Crippen LogP contribution in [0.25, 0.3) is 10.8 Å². The molecular weight excluding hydrogens is 466 g/mol. The number of hydrogen-bond donors (Lipinski definition) is 1. The van der Waals surface area contributed by atoms with E-state index in [0.717, 1.165) is 42.5 Å². The lowest BCUT2D eigenvalue weighted by Gasteiger charge is -2.32. The molecule has 4 aromatic rings. The van der Waals surface area contributed by atoms with E-state index in [-0.39, 0.29) is 11.9 Å². The Balaban J connectivity index is 1.11. The van der Waals surface area contributed by atoms with Crippen LogP contribution in [0.1, 0.15) is 33.6 Å². The third-order valence-corrected chi connectivity index (χ3v) is 6.70. The van der Waals surface area contributed by atoms with Gasteiger partial charge in [0.05, 0.1) is 31.2 Å². The van der Waals surface area contributed by atoms with Crippen LogP contribution in [0.15, 0.2) is 85.1 Å². The number of methoxy groups -OCH3 is 1. The predicted molar refractivity (Wildman–Crippen MR) is 144 cm³/mol. The van der Waals surface area contributed by atoms with Crippen molar-refractivity contribution in [2.75, 3.05) is 37.0 Å². The smallest absolute Gasteiger partial charge is 0.337 e. The summed E-state index contributed by atoms with van der Waals surface area (Å²) in [4.78, 5) is 31.3. The highest BCUT2D eigenvalue weighted by atomic mass is 16.5. The van der Waals surface area contributed by atoms with Gasteiger partial charge < -0.3 is 19.7 Å². The van der Waals surface area contributed by atoms with Crippen molar-refractivity contribution in [1.82, 2.24) is 4.98 Å². The van der Waals surface area contributed by atoms with E-state index in [4.69, 9.17) is 9.47 Å². The average Bonchev–Trinajstić information content (AvgIpc) is 2.96. The first-order valence-corrected chi connectivity index (χ1v) is 12.4. The van der Waals surface area contributed by atoms with Gasteiger partial charge >= 0.3 is 5.97 Å². The van der Waals surface area contributed by atoms with Crippen molar-refractivity contribution in [3.63, 3.8) is 0 Å². The quantitative estimate of drug-likeness (QED) is 0.338. The lowest BCUT2D eigenvalue weighted by atomic mass is 9.98. The van der Waals surface area contributed by atoms with Gasteiger partial charge in [-0.05, 0) is 72.0 Å². The monoisotopic (exact) mass is 495 g/mol. The summed E-state index contributed by atoms with van der Waals surface area (Å²) in [5.74, 6) is 1.48. The van der Waals surface area contributed by atoms with Gasteiger partial charge in [0.25, 0.3) is 5.91 Å². The zero-order valence-electron chi connectivity index (χ0n) is 20.7. The summed E-state index contributed by atoms with van der Waals surface area (Å²) in [5.41, 5.74) is 1.77. The molecule has 7 nitrogen and oxygen atoms in total. The van der Waals surface area contributed by atoms with E-state index in [1.165, 1.54) is 7.11 Å². The first-order valence-electron chi connectivity index (χ1n) is 12.4. The molecular formula is C30H29N3O4. The van der Waals surface area contributed by atoms with Crippen LogP contribution in [-0.4, -0.2) is 43.7 Å². The molecule has 1 aliphatic heterocycles. The Kier molecular flexibility index (Phi) is 7.31. The number of rotatable bonds is 7. The van der Waals surface area contributed by atoms with Gasteiger partial charge in [-0.15, -0.1) is 0 Å². The molecule has 188 valence electrons. The molecule has 2 heterocycles. The summed E-state index contributed by atoms with van der Waals surface area (Å²) in [6, 6.07) is 24.6. The third-order valence-electron chi connectivity index (χ3n) is 6.70. The second-order valence-electron chi connectivity index (χ2n) is 9.18. The van der Waals surface area contributed by atoms with Gasteiger partial charge in [0, 0.05) is 18.7 Å². The number of nitrogens with zero attached hydrogens (tertiary/aromatic N) is 2. The number of fused-ring (bicyclic) bond motifs is 1. The zero-order chi connectivity index (χ0) is 25.6. The molecule has 0 saturated carbocycles. The van der Waals surface area contributed by atoms with Crippen molar-refractivity contribution in [2.24, 2.45) is 5.92 Å². The van der Waals surface area contributed by atoms with E-state index < -0.39 is 0 Å². The van der Waals surface area contributed by atoms with Crippen molar-refractivity contribution in [3.8, 4) is 5.75 Å². The maximum absolute atomic E-state index is 12.7. The Bertz CT molecular complexity index is 1400. The number of aromatic nitrogens is 1. The Morgan fingerprint density at radius 3 is 2.49 bits per heavy atom. The highest BCUT2D eigenvalue weighted by Crippen LogP contribution is 2.24. The molecule has 1 aliphatic rings. The minimum Gasteiger partial charge on any atom is -0.493 e. The molecule has 37 heavy (non-hydrogen) atoms. The highest BCUT2D eigenvalue weighted by Gasteiger charge is 2.21. The van der Waals surface area contributed by atoms with Gasteiger partial charge in [0.2, 0.25) is 0 Å². The molecule has 1 fully saturated rings. The number of piperidine rings is 1. The summed E-state index contributed by atoms with van der Waals surface area (Å²) < 4.78 is 10.7. The van der Waals surface area contributed by atoms with Crippen molar-refractivity contribution >= 4 is 34.2 Å². The minimum absolute atomic E-state index is 0.154. The first-order chi connectivity index (χ1) is 18.1. The summed E-state index contributed by atoms with van der Waals surface area (Å²) in [5, 5.41) is 5.08. The molecule has 1 amide bonds. The van der Waals surface area contributed by atoms with E-state index in [2.05, 4.69) is 15.2 Å². The molecule has 3 aromatic carbocycles. The predicted octanol–water partition coefficient (Wildman–Crippen LogP) is 5.57. The molecule has 0 unspecified atom stereocenters. The molecule has 0 aliphatic carbocycles. The van der Waals surface area contributed by atoms with Crippen LogP contribution in [-0.2, 0) is 4.74 Å². The number of ether oxygens (including phenoxy) is 2. The van der Waals surface area contributed by atoms with Gasteiger partial charge in [-0.3, -0.25) is 4.79 Å². The van der Waals surface area contributed by atoms with Gasteiger partial charge in [-0.2, -0.15) is 0 Å². The molecule has 0 radical (unpaired) electrons. The van der Waals surface area contributed by atoms with Crippen molar-refractivity contribution in [2.45, 2.75) is 12.8 Å². The third kappa shape index (κ3) is 5.89. The van der Waals surface area contributed by atoms with Crippen LogP contribution in [0.4, 0.5) is 11.5 Å². The standard InChI is InChI=1S/C30H29N3O4/c1-36-30(35)25-7-4-8-27(18-25)37-20-21-13-15-33(16-14-21)28-12-11-26(19-31-28)32-29(34)24-10-9-22-5-2-3-6-23(22)17-24/h2-12,17-19,21H,13-16,20H2,1H3,(H,32,34). The Hall–Kier alpha value is -4.39. The Labute approximate surface area is 216 Å². The molecule has 7 heteroatoms. The zero-order valence-corrected chi connectivity index (χ0v) is 20.7. The fourth-order valence-electron chi connectivity index (χ4n) is 4.55. The number of benzene rings is 3. The molecule has 0 bridgehead atoms. The van der Waals surface area contributed by atoms with Crippen molar-refractivity contribution < 1.29 is 19.1 Å². The van der Waals surface area contributed by atoms with Crippen LogP contribution in [0, 0.1) is 5.92 Å². The average molecular weight is 496 g/mol. The largest absolute Gasteiger partial charge is 0.493 e. The second-order valence-corrected chi connectivity index (χ2v) is 9.18. The Morgan fingerprint density at radius 1 is 0.919 bits per heavy atom. The molecule has 0 atom stereocenters. The van der Waals surface area contributed by atoms with Crippen LogP contribution in [0.3, 0.4) is 0 Å². The maximum Gasteiger partial charge on any atom is 0.337 e. The number of carbonyl (C=O) groups excluding carboxylic acids is 2. The van der Waals surface area contributed by atoms with Crippen molar-refractivity contribution in [1.29, 1.82) is 0 Å². The molecule has 1 aromatic heterocycles. The molecule has 1 saturated heterocycles. The molecule has 0 spiro atoms. The lowest BCUT2D eigenvalue weighted by molar-refractivity contribution is 0.0600. The van der Waals surface area contributed by atoms with E-state index in [1.807, 2.05) is 60.7 Å². The van der Waals surface area contributed by atoms with Crippen LogP contribution >= 0.6 is 0 Å². The first kappa shape index (κ1) is 24.3. The summed E-state index contributed by atoms with van der Waals surface area (Å²) in [6.07, 6.45) is 3.68.